The molecule has 2 rings (SSSR count). The van der Waals surface area contributed by atoms with Gasteiger partial charge in [-0.2, -0.15) is 11.8 Å². The summed E-state index contributed by atoms with van der Waals surface area (Å²) in [4.78, 5) is 11.9. The predicted octanol–water partition coefficient (Wildman–Crippen LogP) is 0.837. The summed E-state index contributed by atoms with van der Waals surface area (Å²) in [5.41, 5.74) is 6.58. The minimum absolute atomic E-state index is 0.172. The van der Waals surface area contributed by atoms with Crippen LogP contribution in [0.25, 0.3) is 0 Å². The Morgan fingerprint density at radius 3 is 2.90 bits per heavy atom. The maximum atomic E-state index is 11.9. The molecule has 5 N–H and O–H groups in total. The van der Waals surface area contributed by atoms with Crippen LogP contribution in [-0.4, -0.2) is 40.2 Å². The fraction of sp³-hybridized carbons (Fsp3) is 0.500. The second kappa shape index (κ2) is 6.85. The summed E-state index contributed by atoms with van der Waals surface area (Å²) in [6.45, 7) is 0.681. The number of thioether (sulfide) groups is 1. The summed E-state index contributed by atoms with van der Waals surface area (Å²) in [5, 5.41) is 21.5. The van der Waals surface area contributed by atoms with E-state index < -0.39 is 6.04 Å². The molecule has 1 fully saturated rings. The normalized spacial score (nSPS) is 19.8. The predicted molar refractivity (Wildman–Crippen MR) is 79.9 cm³/mol. The van der Waals surface area contributed by atoms with E-state index in [-0.39, 0.29) is 17.4 Å². The summed E-state index contributed by atoms with van der Waals surface area (Å²) in [7, 11) is 0. The van der Waals surface area contributed by atoms with Crippen molar-refractivity contribution in [3.63, 3.8) is 0 Å². The molecule has 2 atom stereocenters. The maximum Gasteiger partial charge on any atom is 0.237 e. The van der Waals surface area contributed by atoms with Gasteiger partial charge in [0.2, 0.25) is 5.91 Å². The zero-order valence-corrected chi connectivity index (χ0v) is 12.0. The van der Waals surface area contributed by atoms with Gasteiger partial charge in [-0.1, -0.05) is 6.07 Å². The summed E-state index contributed by atoms with van der Waals surface area (Å²) in [5.74, 6) is 2.27. The molecule has 0 radical (unpaired) electrons. The minimum atomic E-state index is -0.645. The first kappa shape index (κ1) is 15.0. The molecule has 1 aliphatic rings. The first-order chi connectivity index (χ1) is 9.56. The Balaban J connectivity index is 1.81. The Bertz CT molecular complexity index is 475. The third-order valence-corrected chi connectivity index (χ3v) is 4.65. The number of phenols is 2. The van der Waals surface area contributed by atoms with Gasteiger partial charge < -0.3 is 21.3 Å². The van der Waals surface area contributed by atoms with E-state index in [1.807, 2.05) is 11.8 Å². The van der Waals surface area contributed by atoms with E-state index in [0.717, 1.165) is 17.7 Å². The standard InChI is InChI=1S/C14H20N2O3S/c15-11(5-9-1-2-12(17)13(18)6-9)14(19)16-7-10-3-4-20-8-10/h1-2,6,10-11,17-18H,3-5,7-8,15H2,(H,16,19)/t10?,11-/m0/s1. The molecule has 110 valence electrons. The van der Waals surface area contributed by atoms with Crippen LogP contribution in [0.1, 0.15) is 12.0 Å². The van der Waals surface area contributed by atoms with Gasteiger partial charge >= 0.3 is 0 Å². The van der Waals surface area contributed by atoms with E-state index in [9.17, 15) is 15.0 Å². The molecule has 1 aromatic rings. The molecule has 0 bridgehead atoms. The summed E-state index contributed by atoms with van der Waals surface area (Å²) in [6, 6.07) is 3.82. The Kier molecular flexibility index (Phi) is 5.14. The first-order valence-electron chi connectivity index (χ1n) is 6.68. The highest BCUT2D eigenvalue weighted by atomic mass is 32.2. The van der Waals surface area contributed by atoms with Crippen molar-refractivity contribution in [2.24, 2.45) is 11.7 Å². The lowest BCUT2D eigenvalue weighted by Crippen LogP contribution is -2.43. The van der Waals surface area contributed by atoms with Gasteiger partial charge in [0.15, 0.2) is 11.5 Å². The van der Waals surface area contributed by atoms with Gasteiger partial charge in [0.25, 0.3) is 0 Å². The van der Waals surface area contributed by atoms with Crippen LogP contribution in [0.5, 0.6) is 11.5 Å². The topological polar surface area (TPSA) is 95.6 Å². The van der Waals surface area contributed by atoms with E-state index in [4.69, 9.17) is 5.73 Å². The monoisotopic (exact) mass is 296 g/mol. The molecule has 0 saturated carbocycles. The third-order valence-electron chi connectivity index (χ3n) is 3.42. The van der Waals surface area contributed by atoms with Crippen molar-refractivity contribution in [2.75, 3.05) is 18.1 Å². The van der Waals surface area contributed by atoms with Crippen LogP contribution >= 0.6 is 11.8 Å². The molecule has 20 heavy (non-hydrogen) atoms. The summed E-state index contributed by atoms with van der Waals surface area (Å²) >= 11 is 1.91. The van der Waals surface area contributed by atoms with Crippen LogP contribution < -0.4 is 11.1 Å². The molecule has 1 amide bonds. The van der Waals surface area contributed by atoms with Gasteiger partial charge in [0, 0.05) is 6.54 Å². The van der Waals surface area contributed by atoms with Gasteiger partial charge in [-0.15, -0.1) is 0 Å². The number of carbonyl (C=O) groups excluding carboxylic acids is 1. The summed E-state index contributed by atoms with van der Waals surface area (Å²) < 4.78 is 0. The number of nitrogens with one attached hydrogen (secondary N) is 1. The average molecular weight is 296 g/mol. The van der Waals surface area contributed by atoms with Crippen LogP contribution in [0, 0.1) is 5.92 Å². The fourth-order valence-electron chi connectivity index (χ4n) is 2.16. The van der Waals surface area contributed by atoms with Crippen LogP contribution in [-0.2, 0) is 11.2 Å². The minimum Gasteiger partial charge on any atom is -0.504 e. The van der Waals surface area contributed by atoms with E-state index in [0.29, 0.717) is 18.9 Å². The van der Waals surface area contributed by atoms with Crippen molar-refractivity contribution in [3.8, 4) is 11.5 Å². The average Bonchev–Trinajstić information content (AvgIpc) is 2.93. The second-order valence-corrected chi connectivity index (χ2v) is 6.26. The molecule has 6 heteroatoms. The Labute approximate surface area is 122 Å². The maximum absolute atomic E-state index is 11.9. The lowest BCUT2D eigenvalue weighted by Gasteiger charge is -2.15. The lowest BCUT2D eigenvalue weighted by molar-refractivity contribution is -0.122. The van der Waals surface area contributed by atoms with Crippen molar-refractivity contribution in [3.05, 3.63) is 23.8 Å². The highest BCUT2D eigenvalue weighted by Crippen LogP contribution is 2.25. The van der Waals surface area contributed by atoms with Crippen LogP contribution in [0.3, 0.4) is 0 Å². The van der Waals surface area contributed by atoms with E-state index >= 15 is 0 Å². The fourth-order valence-corrected chi connectivity index (χ4v) is 3.45. The molecular weight excluding hydrogens is 276 g/mol. The van der Waals surface area contributed by atoms with Gasteiger partial charge in [0.05, 0.1) is 6.04 Å². The van der Waals surface area contributed by atoms with Crippen LogP contribution in [0.4, 0.5) is 0 Å². The zero-order valence-electron chi connectivity index (χ0n) is 11.2. The molecule has 1 aliphatic heterocycles. The third kappa shape index (κ3) is 4.05. The van der Waals surface area contributed by atoms with Crippen molar-refractivity contribution in [1.82, 2.24) is 5.32 Å². The number of phenolic OH excluding ortho intramolecular Hbond substituents is 2. The van der Waals surface area contributed by atoms with Crippen molar-refractivity contribution in [2.45, 2.75) is 18.9 Å². The van der Waals surface area contributed by atoms with Gasteiger partial charge in [0.1, 0.15) is 0 Å². The molecule has 5 nitrogen and oxygen atoms in total. The zero-order chi connectivity index (χ0) is 14.5. The number of hydrogen-bond acceptors (Lipinski definition) is 5. The molecule has 0 aliphatic carbocycles. The molecule has 0 aromatic heterocycles. The number of hydrogen-bond donors (Lipinski definition) is 4. The van der Waals surface area contributed by atoms with E-state index in [1.165, 1.54) is 17.9 Å². The molecule has 1 heterocycles. The Morgan fingerprint density at radius 1 is 1.45 bits per heavy atom. The molecular formula is C14H20N2O3S. The Hall–Kier alpha value is -1.40. The quantitative estimate of drug-likeness (QED) is 0.604. The number of nitrogens with two attached hydrogens (primary N) is 1. The summed E-state index contributed by atoms with van der Waals surface area (Å²) in [6.07, 6.45) is 1.48. The van der Waals surface area contributed by atoms with E-state index in [1.54, 1.807) is 6.07 Å². The highest BCUT2D eigenvalue weighted by molar-refractivity contribution is 7.99. The largest absolute Gasteiger partial charge is 0.504 e. The van der Waals surface area contributed by atoms with Gasteiger partial charge in [-0.05, 0) is 48.0 Å². The molecule has 1 saturated heterocycles. The molecule has 0 spiro atoms. The SMILES string of the molecule is N[C@@H](Cc1ccc(O)c(O)c1)C(=O)NCC1CCSC1. The van der Waals surface area contributed by atoms with Gasteiger partial charge in [-0.3, -0.25) is 4.79 Å². The van der Waals surface area contributed by atoms with Crippen molar-refractivity contribution in [1.29, 1.82) is 0 Å². The van der Waals surface area contributed by atoms with Crippen molar-refractivity contribution < 1.29 is 15.0 Å². The number of aromatic hydroxyl groups is 2. The second-order valence-electron chi connectivity index (χ2n) is 5.11. The van der Waals surface area contributed by atoms with Crippen LogP contribution in [0.15, 0.2) is 18.2 Å². The van der Waals surface area contributed by atoms with E-state index in [2.05, 4.69) is 5.32 Å². The molecule has 1 aromatic carbocycles. The number of amides is 1. The number of carbonyl (C=O) groups is 1. The number of rotatable bonds is 5. The highest BCUT2D eigenvalue weighted by Gasteiger charge is 2.19. The Morgan fingerprint density at radius 2 is 2.25 bits per heavy atom. The number of benzene rings is 1. The smallest absolute Gasteiger partial charge is 0.237 e. The molecule has 1 unspecified atom stereocenters. The first-order valence-corrected chi connectivity index (χ1v) is 7.83. The van der Waals surface area contributed by atoms with Crippen molar-refractivity contribution >= 4 is 17.7 Å². The van der Waals surface area contributed by atoms with Gasteiger partial charge in [-0.25, -0.2) is 0 Å². The van der Waals surface area contributed by atoms with Crippen LogP contribution in [0.2, 0.25) is 0 Å². The lowest BCUT2D eigenvalue weighted by atomic mass is 10.0.